The summed E-state index contributed by atoms with van der Waals surface area (Å²) in [6.45, 7) is 0.712. The molecule has 0 aliphatic heterocycles. The number of nitrogens with two attached hydrogens (primary N) is 1. The third-order valence-electron chi connectivity index (χ3n) is 0.338. The Morgan fingerprint density at radius 3 is 1.60 bits per heavy atom. The Balaban J connectivity index is -0.0000000910. The van der Waals surface area contributed by atoms with Crippen LogP contribution in [0.3, 0.4) is 0 Å². The maximum atomic E-state index is 5.22. The molecule has 0 aliphatic rings. The van der Waals surface area contributed by atoms with Crippen LogP contribution in [-0.2, 0) is 0 Å². The van der Waals surface area contributed by atoms with Crippen LogP contribution < -0.4 is 5.73 Å². The van der Waals surface area contributed by atoms with Crippen molar-refractivity contribution in [2.45, 2.75) is 6.42 Å². The molecule has 0 aromatic rings. The summed E-state index contributed by atoms with van der Waals surface area (Å²) >= 11 is 5.22. The first kappa shape index (κ1) is 16.8. The summed E-state index contributed by atoms with van der Waals surface area (Å²) < 4.78 is 0. The molecule has 2 nitrogen and oxygen atoms in total. The monoisotopic (exact) mass is 188 g/mol. The number of alkyl halides is 1. The van der Waals surface area contributed by atoms with E-state index in [0.717, 1.165) is 6.42 Å². The molecule has 66 valence electrons. The second kappa shape index (κ2) is 16.2. The number of nitrogens with zero attached hydrogens (tertiary/aromatic N) is 1. The van der Waals surface area contributed by atoms with E-state index in [0.29, 0.717) is 12.4 Å². The number of hydrogen-bond acceptors (Lipinski definition) is 2. The molecule has 0 saturated carbocycles. The van der Waals surface area contributed by atoms with E-state index >= 15 is 0 Å². The predicted molar refractivity (Wildman–Crippen MR) is 51.3 cm³/mol. The van der Waals surface area contributed by atoms with Gasteiger partial charge in [0.25, 0.3) is 0 Å². The zero-order chi connectivity index (χ0) is 7.70. The molecule has 0 amide bonds. The van der Waals surface area contributed by atoms with Gasteiger partial charge in [0.1, 0.15) is 0 Å². The van der Waals surface area contributed by atoms with E-state index in [1.165, 1.54) is 0 Å². The third-order valence-corrected chi connectivity index (χ3v) is 0.605. The maximum absolute atomic E-state index is 5.22. The van der Waals surface area contributed by atoms with Crippen LogP contribution >= 0.6 is 24.0 Å². The molecule has 0 atom stereocenters. The van der Waals surface area contributed by atoms with Crippen molar-refractivity contribution in [2.24, 2.45) is 5.73 Å². The summed E-state index contributed by atoms with van der Waals surface area (Å²) in [5, 5.41) is 0. The largest absolute Gasteiger partial charge is 0.330 e. The summed E-state index contributed by atoms with van der Waals surface area (Å²) in [5.74, 6) is 0.691. The number of rotatable bonds is 2. The van der Waals surface area contributed by atoms with E-state index in [9.17, 15) is 0 Å². The molecule has 0 radical (unpaired) electrons. The summed E-state index contributed by atoms with van der Waals surface area (Å²) in [5.41, 5.74) is 5.05. The fraction of sp³-hybridized carbons (Fsp3) is 1.00. The van der Waals surface area contributed by atoms with Crippen LogP contribution in [0.5, 0.6) is 0 Å². The standard InChI is InChI=1S/C3H8ClN.C3H9N.ClH/c4-2-1-3-5;1-4(2)3;/h1-3,5H2;1-3H3;1H. The van der Waals surface area contributed by atoms with Gasteiger partial charge in [0.05, 0.1) is 0 Å². The van der Waals surface area contributed by atoms with Crippen molar-refractivity contribution in [3.05, 3.63) is 0 Å². The van der Waals surface area contributed by atoms with E-state index in [1.54, 1.807) is 0 Å². The van der Waals surface area contributed by atoms with Crippen LogP contribution in [0.4, 0.5) is 0 Å². The van der Waals surface area contributed by atoms with E-state index in [1.807, 2.05) is 26.0 Å². The lowest BCUT2D eigenvalue weighted by molar-refractivity contribution is 0.505. The van der Waals surface area contributed by atoms with Crippen LogP contribution in [0.15, 0.2) is 0 Å². The van der Waals surface area contributed by atoms with Gasteiger partial charge in [-0.3, -0.25) is 0 Å². The van der Waals surface area contributed by atoms with Crippen molar-refractivity contribution in [1.29, 1.82) is 0 Å². The summed E-state index contributed by atoms with van der Waals surface area (Å²) in [4.78, 5) is 2.00. The highest BCUT2D eigenvalue weighted by Crippen LogP contribution is 1.76. The van der Waals surface area contributed by atoms with E-state index in [2.05, 4.69) is 0 Å². The molecule has 10 heavy (non-hydrogen) atoms. The molecule has 0 aromatic heterocycles. The van der Waals surface area contributed by atoms with Crippen LogP contribution in [0, 0.1) is 0 Å². The van der Waals surface area contributed by atoms with Crippen molar-refractivity contribution in [1.82, 2.24) is 4.90 Å². The Hall–Kier alpha value is 0.500. The lowest BCUT2D eigenvalue weighted by atomic mass is 10.5. The van der Waals surface area contributed by atoms with Gasteiger partial charge in [0, 0.05) is 5.88 Å². The molecular formula is C6H18Cl2N2. The molecule has 0 fully saturated rings. The van der Waals surface area contributed by atoms with E-state index in [4.69, 9.17) is 17.3 Å². The molecule has 0 heterocycles. The van der Waals surface area contributed by atoms with Gasteiger partial charge in [-0.1, -0.05) is 0 Å². The molecule has 0 saturated heterocycles. The first-order valence-electron chi connectivity index (χ1n) is 3.02. The molecular weight excluding hydrogens is 171 g/mol. The van der Waals surface area contributed by atoms with Gasteiger partial charge in [-0.15, -0.1) is 24.0 Å². The number of hydrogen-bond donors (Lipinski definition) is 1. The smallest absolute Gasteiger partial charge is 0.0235 e. The predicted octanol–water partition coefficient (Wildman–Crippen LogP) is 1.17. The molecule has 0 aromatic carbocycles. The van der Waals surface area contributed by atoms with Gasteiger partial charge < -0.3 is 10.6 Å². The van der Waals surface area contributed by atoms with Crippen LogP contribution in [0.25, 0.3) is 0 Å². The van der Waals surface area contributed by atoms with E-state index < -0.39 is 0 Å². The highest BCUT2D eigenvalue weighted by Gasteiger charge is 1.70. The second-order valence-electron chi connectivity index (χ2n) is 2.17. The van der Waals surface area contributed by atoms with Gasteiger partial charge >= 0.3 is 0 Å². The minimum absolute atomic E-state index is 0. The van der Waals surface area contributed by atoms with Gasteiger partial charge in [0.2, 0.25) is 0 Å². The molecule has 0 rings (SSSR count). The Labute approximate surface area is 75.1 Å². The van der Waals surface area contributed by atoms with Gasteiger partial charge in [-0.05, 0) is 34.1 Å². The molecule has 2 N–H and O–H groups in total. The molecule has 0 spiro atoms. The average Bonchev–Trinajstić information content (AvgIpc) is 1.66. The summed E-state index contributed by atoms with van der Waals surface area (Å²) in [7, 11) is 6.00. The molecule has 0 unspecified atom stereocenters. The highest BCUT2D eigenvalue weighted by atomic mass is 35.5. The van der Waals surface area contributed by atoms with Gasteiger partial charge in [-0.2, -0.15) is 0 Å². The van der Waals surface area contributed by atoms with Crippen LogP contribution in [0.1, 0.15) is 6.42 Å². The van der Waals surface area contributed by atoms with Crippen LogP contribution in [-0.4, -0.2) is 38.5 Å². The molecule has 0 aliphatic carbocycles. The van der Waals surface area contributed by atoms with Crippen molar-refractivity contribution in [3.8, 4) is 0 Å². The Morgan fingerprint density at radius 1 is 1.30 bits per heavy atom. The number of halogens is 2. The Kier molecular flexibility index (Phi) is 27.4. The second-order valence-corrected chi connectivity index (χ2v) is 2.55. The minimum atomic E-state index is 0. The Morgan fingerprint density at radius 2 is 1.60 bits per heavy atom. The van der Waals surface area contributed by atoms with Crippen molar-refractivity contribution in [2.75, 3.05) is 33.6 Å². The van der Waals surface area contributed by atoms with Crippen molar-refractivity contribution < 1.29 is 0 Å². The topological polar surface area (TPSA) is 29.3 Å². The first-order valence-corrected chi connectivity index (χ1v) is 3.55. The lowest BCUT2D eigenvalue weighted by Crippen LogP contribution is -1.99. The zero-order valence-electron chi connectivity index (χ0n) is 6.93. The lowest BCUT2D eigenvalue weighted by Gasteiger charge is -1.90. The van der Waals surface area contributed by atoms with E-state index in [-0.39, 0.29) is 12.4 Å². The average molecular weight is 189 g/mol. The van der Waals surface area contributed by atoms with Crippen LogP contribution in [0.2, 0.25) is 0 Å². The van der Waals surface area contributed by atoms with Crippen molar-refractivity contribution >= 4 is 24.0 Å². The molecule has 4 heteroatoms. The minimum Gasteiger partial charge on any atom is -0.330 e. The fourth-order valence-corrected chi connectivity index (χ4v) is 0.231. The fourth-order valence-electron chi connectivity index (χ4n) is 0.0772. The maximum Gasteiger partial charge on any atom is 0.0235 e. The highest BCUT2D eigenvalue weighted by molar-refractivity contribution is 6.17. The van der Waals surface area contributed by atoms with Gasteiger partial charge in [-0.25, -0.2) is 0 Å². The van der Waals surface area contributed by atoms with Crippen molar-refractivity contribution in [3.63, 3.8) is 0 Å². The first-order chi connectivity index (χ1) is 4.15. The van der Waals surface area contributed by atoms with Gasteiger partial charge in [0.15, 0.2) is 0 Å². The SMILES string of the molecule is CN(C)C.Cl.NCCCCl. The summed E-state index contributed by atoms with van der Waals surface area (Å²) in [6.07, 6.45) is 0.932. The molecule has 0 bridgehead atoms. The Bertz CT molecular complexity index is 38.0. The normalized spacial score (nSPS) is 7.80. The third kappa shape index (κ3) is 76.5. The summed E-state index contributed by atoms with van der Waals surface area (Å²) in [6, 6.07) is 0. The quantitative estimate of drug-likeness (QED) is 0.661. The zero-order valence-corrected chi connectivity index (χ0v) is 8.50.